The summed E-state index contributed by atoms with van der Waals surface area (Å²) in [4.78, 5) is 12.7. The highest BCUT2D eigenvalue weighted by molar-refractivity contribution is 6.32. The Morgan fingerprint density at radius 2 is 1.82 bits per heavy atom. The van der Waals surface area contributed by atoms with Gasteiger partial charge in [0.2, 0.25) is 11.8 Å². The van der Waals surface area contributed by atoms with Crippen molar-refractivity contribution in [3.8, 4) is 0 Å². The highest BCUT2D eigenvalue weighted by Crippen LogP contribution is 2.30. The number of amides is 1. The van der Waals surface area contributed by atoms with E-state index in [1.54, 1.807) is 6.92 Å². The van der Waals surface area contributed by atoms with Gasteiger partial charge >= 0.3 is 0 Å². The number of nitrogens with zero attached hydrogens (tertiary/aromatic N) is 2. The van der Waals surface area contributed by atoms with Gasteiger partial charge in [-0.05, 0) is 49.2 Å². The van der Waals surface area contributed by atoms with E-state index >= 15 is 0 Å². The average molecular weight is 396 g/mol. The van der Waals surface area contributed by atoms with Crippen molar-refractivity contribution in [2.24, 2.45) is 0 Å². The van der Waals surface area contributed by atoms with E-state index < -0.39 is 0 Å². The molecule has 2 heterocycles. The fraction of sp³-hybridized carbons (Fsp3) is 0.190. The summed E-state index contributed by atoms with van der Waals surface area (Å²) in [5, 5.41) is 12.2. The predicted molar refractivity (Wildman–Crippen MR) is 107 cm³/mol. The largest absolute Gasteiger partial charge is 0.451 e. The maximum Gasteiger partial charge on any atom is 0.291 e. The Hall–Kier alpha value is -3.12. The van der Waals surface area contributed by atoms with Crippen molar-refractivity contribution in [1.82, 2.24) is 10.2 Å². The Kier molecular flexibility index (Phi) is 4.65. The summed E-state index contributed by atoms with van der Waals surface area (Å²) < 4.78 is 11.2. The molecule has 4 aromatic rings. The van der Waals surface area contributed by atoms with Crippen molar-refractivity contribution in [3.05, 3.63) is 75.7 Å². The van der Waals surface area contributed by atoms with Crippen LogP contribution in [0.4, 0.5) is 5.69 Å². The quantitative estimate of drug-likeness (QED) is 0.511. The van der Waals surface area contributed by atoms with Crippen LogP contribution in [-0.2, 0) is 6.42 Å². The Morgan fingerprint density at radius 1 is 1.07 bits per heavy atom. The maximum atomic E-state index is 12.7. The molecule has 0 aliphatic rings. The van der Waals surface area contributed by atoms with E-state index in [0.717, 1.165) is 22.1 Å². The molecule has 0 aliphatic carbocycles. The Balaban J connectivity index is 1.52. The second kappa shape index (κ2) is 7.13. The summed E-state index contributed by atoms with van der Waals surface area (Å²) in [7, 11) is 0. The van der Waals surface area contributed by atoms with Gasteiger partial charge in [-0.2, -0.15) is 0 Å². The summed E-state index contributed by atoms with van der Waals surface area (Å²) >= 11 is 6.20. The molecule has 4 rings (SSSR count). The lowest BCUT2D eigenvalue weighted by Gasteiger charge is -2.05. The van der Waals surface area contributed by atoms with Crippen LogP contribution in [0.3, 0.4) is 0 Å². The summed E-state index contributed by atoms with van der Waals surface area (Å²) in [5.74, 6) is 1.07. The van der Waals surface area contributed by atoms with E-state index in [4.69, 9.17) is 20.4 Å². The van der Waals surface area contributed by atoms with Crippen LogP contribution in [0.25, 0.3) is 11.0 Å². The van der Waals surface area contributed by atoms with Crippen LogP contribution in [0.5, 0.6) is 0 Å². The van der Waals surface area contributed by atoms with E-state index in [-0.39, 0.29) is 11.7 Å². The topological polar surface area (TPSA) is 81.2 Å². The standard InChI is InChI=1S/C21H18ClN3O3/c1-11-8-18-16(10-17(11)22)12(2)20(28-18)21(26)23-15-6-4-14(5-7-15)9-19-25-24-13(3)27-19/h4-8,10H,9H2,1-3H3,(H,23,26). The zero-order valence-electron chi connectivity index (χ0n) is 15.7. The van der Waals surface area contributed by atoms with Crippen molar-refractivity contribution in [2.45, 2.75) is 27.2 Å². The first kappa shape index (κ1) is 18.3. The molecule has 2 aromatic heterocycles. The van der Waals surface area contributed by atoms with Crippen LogP contribution in [0.2, 0.25) is 5.02 Å². The van der Waals surface area contributed by atoms with Gasteiger partial charge < -0.3 is 14.2 Å². The number of carbonyl (C=O) groups excluding carboxylic acids is 1. The molecule has 142 valence electrons. The minimum atomic E-state index is -0.303. The van der Waals surface area contributed by atoms with Crippen molar-refractivity contribution < 1.29 is 13.6 Å². The number of rotatable bonds is 4. The summed E-state index contributed by atoms with van der Waals surface area (Å²) in [6.07, 6.45) is 0.540. The summed E-state index contributed by atoms with van der Waals surface area (Å²) in [5.41, 5.74) is 3.99. The number of halogens is 1. The van der Waals surface area contributed by atoms with E-state index in [2.05, 4.69) is 15.5 Å². The van der Waals surface area contributed by atoms with E-state index in [9.17, 15) is 4.79 Å². The number of anilines is 1. The second-order valence-corrected chi connectivity index (χ2v) is 7.10. The molecule has 0 unspecified atom stereocenters. The fourth-order valence-electron chi connectivity index (χ4n) is 3.04. The van der Waals surface area contributed by atoms with Crippen LogP contribution in [0, 0.1) is 20.8 Å². The van der Waals surface area contributed by atoms with E-state index in [0.29, 0.717) is 34.5 Å². The van der Waals surface area contributed by atoms with Crippen molar-refractivity contribution in [1.29, 1.82) is 0 Å². The van der Waals surface area contributed by atoms with Gasteiger partial charge in [-0.15, -0.1) is 10.2 Å². The second-order valence-electron chi connectivity index (χ2n) is 6.70. The predicted octanol–water partition coefficient (Wildman–Crippen LogP) is 5.24. The molecule has 0 bridgehead atoms. The van der Waals surface area contributed by atoms with Crippen LogP contribution >= 0.6 is 11.6 Å². The van der Waals surface area contributed by atoms with E-state index in [1.165, 1.54) is 0 Å². The molecule has 28 heavy (non-hydrogen) atoms. The minimum absolute atomic E-state index is 0.280. The number of aromatic nitrogens is 2. The Bertz CT molecular complexity index is 1180. The number of fused-ring (bicyclic) bond motifs is 1. The first-order valence-corrected chi connectivity index (χ1v) is 9.17. The molecule has 0 fully saturated rings. The van der Waals surface area contributed by atoms with Gasteiger partial charge in [-0.3, -0.25) is 4.79 Å². The molecule has 6 nitrogen and oxygen atoms in total. The number of benzene rings is 2. The lowest BCUT2D eigenvalue weighted by atomic mass is 10.1. The monoisotopic (exact) mass is 395 g/mol. The number of carbonyl (C=O) groups is 1. The third-order valence-corrected chi connectivity index (χ3v) is 4.97. The SMILES string of the molecule is Cc1nnc(Cc2ccc(NC(=O)c3oc4cc(C)c(Cl)cc4c3C)cc2)o1. The first-order chi connectivity index (χ1) is 13.4. The van der Waals surface area contributed by atoms with E-state index in [1.807, 2.05) is 50.2 Å². The van der Waals surface area contributed by atoms with Gasteiger partial charge in [-0.25, -0.2) is 0 Å². The molecule has 1 amide bonds. The lowest BCUT2D eigenvalue weighted by molar-refractivity contribution is 0.0998. The van der Waals surface area contributed by atoms with Crippen molar-refractivity contribution in [2.75, 3.05) is 5.32 Å². The number of aryl methyl sites for hydroxylation is 3. The molecule has 0 spiro atoms. The summed E-state index contributed by atoms with van der Waals surface area (Å²) in [6.45, 7) is 5.50. The zero-order chi connectivity index (χ0) is 19.8. The molecule has 0 saturated heterocycles. The van der Waals surface area contributed by atoms with Crippen LogP contribution in [0.1, 0.15) is 39.0 Å². The van der Waals surface area contributed by atoms with Gasteiger partial charge in [0.15, 0.2) is 5.76 Å². The number of hydrogen-bond donors (Lipinski definition) is 1. The van der Waals surface area contributed by atoms with Gasteiger partial charge in [0, 0.05) is 28.6 Å². The van der Waals surface area contributed by atoms with Crippen molar-refractivity contribution in [3.63, 3.8) is 0 Å². The Labute approximate surface area is 166 Å². The Morgan fingerprint density at radius 3 is 2.50 bits per heavy atom. The maximum absolute atomic E-state index is 12.7. The number of furan rings is 1. The normalized spacial score (nSPS) is 11.1. The molecule has 2 aromatic carbocycles. The number of hydrogen-bond acceptors (Lipinski definition) is 5. The molecular formula is C21H18ClN3O3. The third-order valence-electron chi connectivity index (χ3n) is 4.56. The van der Waals surface area contributed by atoms with Gasteiger partial charge in [-0.1, -0.05) is 23.7 Å². The first-order valence-electron chi connectivity index (χ1n) is 8.79. The molecule has 0 atom stereocenters. The molecule has 1 N–H and O–H groups in total. The molecule has 7 heteroatoms. The van der Waals surface area contributed by atoms with Crippen LogP contribution in [0.15, 0.2) is 45.2 Å². The van der Waals surface area contributed by atoms with Gasteiger partial charge in [0.1, 0.15) is 5.58 Å². The van der Waals surface area contributed by atoms with Gasteiger partial charge in [0.05, 0.1) is 6.42 Å². The van der Waals surface area contributed by atoms with Crippen LogP contribution in [-0.4, -0.2) is 16.1 Å². The minimum Gasteiger partial charge on any atom is -0.451 e. The zero-order valence-corrected chi connectivity index (χ0v) is 16.4. The van der Waals surface area contributed by atoms with Gasteiger partial charge in [0.25, 0.3) is 5.91 Å². The molecular weight excluding hydrogens is 378 g/mol. The fourth-order valence-corrected chi connectivity index (χ4v) is 3.20. The highest BCUT2D eigenvalue weighted by atomic mass is 35.5. The summed E-state index contributed by atoms with van der Waals surface area (Å²) in [6, 6.07) is 11.1. The molecule has 0 saturated carbocycles. The average Bonchev–Trinajstić information content (AvgIpc) is 3.21. The molecule has 0 aliphatic heterocycles. The lowest BCUT2D eigenvalue weighted by Crippen LogP contribution is -2.12. The molecule has 0 radical (unpaired) electrons. The highest BCUT2D eigenvalue weighted by Gasteiger charge is 2.19. The number of nitrogens with one attached hydrogen (secondary N) is 1. The third kappa shape index (κ3) is 3.51. The smallest absolute Gasteiger partial charge is 0.291 e. The van der Waals surface area contributed by atoms with Crippen molar-refractivity contribution >= 4 is 34.2 Å². The van der Waals surface area contributed by atoms with Crippen LogP contribution < -0.4 is 5.32 Å².